The maximum atomic E-state index is 11.5. The van der Waals surface area contributed by atoms with E-state index in [1.807, 2.05) is 49.3 Å². The molecule has 122 valence electrons. The third-order valence-corrected chi connectivity index (χ3v) is 3.61. The van der Waals surface area contributed by atoms with Crippen LogP contribution in [0.15, 0.2) is 42.6 Å². The number of aromatic nitrogens is 1. The molecule has 0 aliphatic rings. The lowest BCUT2D eigenvalue weighted by molar-refractivity contribution is -0.384. The Labute approximate surface area is 136 Å². The summed E-state index contributed by atoms with van der Waals surface area (Å²) < 4.78 is 0. The van der Waals surface area contributed by atoms with Crippen molar-refractivity contribution in [1.29, 1.82) is 0 Å². The van der Waals surface area contributed by atoms with E-state index in [2.05, 4.69) is 9.88 Å². The summed E-state index contributed by atoms with van der Waals surface area (Å²) in [7, 11) is 4.04. The van der Waals surface area contributed by atoms with Crippen LogP contribution < -0.4 is 4.90 Å². The minimum absolute atomic E-state index is 0.0706. The van der Waals surface area contributed by atoms with Gasteiger partial charge in [-0.05, 0) is 52.2 Å². The molecule has 0 spiro atoms. The monoisotopic (exact) mass is 314 g/mol. The summed E-state index contributed by atoms with van der Waals surface area (Å²) in [5.41, 5.74) is 2.04. The summed E-state index contributed by atoms with van der Waals surface area (Å²) in [6.07, 6.45) is 2.53. The van der Waals surface area contributed by atoms with Gasteiger partial charge in [0.05, 0.1) is 4.92 Å². The summed E-state index contributed by atoms with van der Waals surface area (Å²) >= 11 is 0. The molecule has 23 heavy (non-hydrogen) atoms. The Morgan fingerprint density at radius 3 is 2.43 bits per heavy atom. The number of para-hydroxylation sites is 1. The van der Waals surface area contributed by atoms with Crippen molar-refractivity contribution in [2.75, 3.05) is 32.1 Å². The molecule has 1 aromatic heterocycles. The average molecular weight is 314 g/mol. The van der Waals surface area contributed by atoms with Crippen molar-refractivity contribution in [3.63, 3.8) is 0 Å². The molecular weight excluding hydrogens is 292 g/mol. The molecule has 0 N–H and O–H groups in total. The number of nitrogens with zero attached hydrogens (tertiary/aromatic N) is 4. The fourth-order valence-corrected chi connectivity index (χ4v) is 2.53. The predicted molar refractivity (Wildman–Crippen MR) is 92.2 cm³/mol. The van der Waals surface area contributed by atoms with Crippen molar-refractivity contribution in [2.24, 2.45) is 0 Å². The van der Waals surface area contributed by atoms with E-state index in [1.54, 1.807) is 19.2 Å². The number of hydrogen-bond acceptors (Lipinski definition) is 5. The Morgan fingerprint density at radius 2 is 1.83 bits per heavy atom. The number of aryl methyl sites for hydroxylation is 1. The minimum Gasteiger partial charge on any atom is -0.336 e. The summed E-state index contributed by atoms with van der Waals surface area (Å²) in [6.45, 7) is 3.29. The van der Waals surface area contributed by atoms with E-state index in [0.29, 0.717) is 17.9 Å². The fraction of sp³-hybridized carbons (Fsp3) is 0.353. The lowest BCUT2D eigenvalue weighted by Crippen LogP contribution is -2.24. The van der Waals surface area contributed by atoms with Crippen LogP contribution in [0, 0.1) is 17.0 Å². The maximum absolute atomic E-state index is 11.5. The third-order valence-electron chi connectivity index (χ3n) is 3.61. The molecule has 6 heteroatoms. The van der Waals surface area contributed by atoms with E-state index in [9.17, 15) is 10.1 Å². The molecule has 0 unspecified atom stereocenters. The first-order valence-corrected chi connectivity index (χ1v) is 7.58. The first-order valence-electron chi connectivity index (χ1n) is 7.58. The Balaban J connectivity index is 2.42. The van der Waals surface area contributed by atoms with Gasteiger partial charge in [0.25, 0.3) is 0 Å². The molecule has 2 aromatic rings. The van der Waals surface area contributed by atoms with Crippen LogP contribution in [0.4, 0.5) is 17.1 Å². The van der Waals surface area contributed by atoms with Crippen molar-refractivity contribution in [3.8, 4) is 0 Å². The summed E-state index contributed by atoms with van der Waals surface area (Å²) in [5, 5.41) is 11.5. The van der Waals surface area contributed by atoms with Gasteiger partial charge in [0.15, 0.2) is 0 Å². The molecule has 0 bridgehead atoms. The van der Waals surface area contributed by atoms with Gasteiger partial charge in [0.2, 0.25) is 0 Å². The summed E-state index contributed by atoms with van der Waals surface area (Å²) in [4.78, 5) is 19.3. The standard InChI is InChI=1S/C17H22N4O2/c1-14-17(21(22)23)16(10-11-18-14)20(13-7-12-19(2)3)15-8-5-4-6-9-15/h4-6,8-11H,7,12-13H2,1-3H3. The van der Waals surface area contributed by atoms with Crippen LogP contribution in [0.1, 0.15) is 12.1 Å². The number of nitro groups is 1. The van der Waals surface area contributed by atoms with E-state index < -0.39 is 0 Å². The normalized spacial score (nSPS) is 10.8. The molecule has 1 heterocycles. The van der Waals surface area contributed by atoms with E-state index in [4.69, 9.17) is 0 Å². The zero-order chi connectivity index (χ0) is 16.8. The van der Waals surface area contributed by atoms with Gasteiger partial charge in [0, 0.05) is 18.4 Å². The number of rotatable bonds is 7. The van der Waals surface area contributed by atoms with Gasteiger partial charge in [-0.2, -0.15) is 0 Å². The van der Waals surface area contributed by atoms with Gasteiger partial charge in [-0.25, -0.2) is 0 Å². The highest BCUT2D eigenvalue weighted by molar-refractivity contribution is 5.72. The largest absolute Gasteiger partial charge is 0.336 e. The number of benzene rings is 1. The molecule has 0 atom stereocenters. The molecule has 6 nitrogen and oxygen atoms in total. The van der Waals surface area contributed by atoms with Gasteiger partial charge in [0.1, 0.15) is 11.4 Å². The Morgan fingerprint density at radius 1 is 1.13 bits per heavy atom. The van der Waals surface area contributed by atoms with Crippen molar-refractivity contribution < 1.29 is 4.92 Å². The first kappa shape index (κ1) is 16.9. The van der Waals surface area contributed by atoms with E-state index in [1.165, 1.54) is 0 Å². The zero-order valence-electron chi connectivity index (χ0n) is 13.8. The van der Waals surface area contributed by atoms with Crippen LogP contribution in [-0.2, 0) is 0 Å². The van der Waals surface area contributed by atoms with E-state index in [0.717, 1.165) is 18.7 Å². The molecular formula is C17H22N4O2. The van der Waals surface area contributed by atoms with Crippen LogP contribution in [0.2, 0.25) is 0 Å². The predicted octanol–water partition coefficient (Wildman–Crippen LogP) is 3.39. The lowest BCUT2D eigenvalue weighted by atomic mass is 10.2. The highest BCUT2D eigenvalue weighted by atomic mass is 16.6. The maximum Gasteiger partial charge on any atom is 0.313 e. The highest BCUT2D eigenvalue weighted by Gasteiger charge is 2.23. The second-order valence-corrected chi connectivity index (χ2v) is 5.67. The van der Waals surface area contributed by atoms with Gasteiger partial charge in [-0.15, -0.1) is 0 Å². The molecule has 0 aliphatic heterocycles. The zero-order valence-corrected chi connectivity index (χ0v) is 13.8. The van der Waals surface area contributed by atoms with Gasteiger partial charge >= 0.3 is 5.69 Å². The van der Waals surface area contributed by atoms with Gasteiger partial charge < -0.3 is 9.80 Å². The Bertz CT molecular complexity index is 659. The van der Waals surface area contributed by atoms with Crippen molar-refractivity contribution in [1.82, 2.24) is 9.88 Å². The molecule has 0 saturated carbocycles. The van der Waals surface area contributed by atoms with Crippen LogP contribution in [-0.4, -0.2) is 42.0 Å². The van der Waals surface area contributed by atoms with Crippen LogP contribution >= 0.6 is 0 Å². The highest BCUT2D eigenvalue weighted by Crippen LogP contribution is 2.34. The third kappa shape index (κ3) is 4.26. The molecule has 1 aromatic carbocycles. The molecule has 0 saturated heterocycles. The van der Waals surface area contributed by atoms with Crippen molar-refractivity contribution in [3.05, 3.63) is 58.4 Å². The number of hydrogen-bond donors (Lipinski definition) is 0. The second kappa shape index (κ2) is 7.69. The average Bonchev–Trinajstić information content (AvgIpc) is 2.51. The number of anilines is 2. The van der Waals surface area contributed by atoms with Crippen LogP contribution in [0.3, 0.4) is 0 Å². The molecule has 0 fully saturated rings. The van der Waals surface area contributed by atoms with Gasteiger partial charge in [-0.1, -0.05) is 18.2 Å². The molecule has 0 aliphatic carbocycles. The molecule has 0 radical (unpaired) electrons. The van der Waals surface area contributed by atoms with E-state index >= 15 is 0 Å². The quantitative estimate of drug-likeness (QED) is 0.579. The topological polar surface area (TPSA) is 62.5 Å². The Hall–Kier alpha value is -2.47. The lowest BCUT2D eigenvalue weighted by Gasteiger charge is -2.25. The van der Waals surface area contributed by atoms with Crippen molar-refractivity contribution in [2.45, 2.75) is 13.3 Å². The first-order chi connectivity index (χ1) is 11.0. The SMILES string of the molecule is Cc1nccc(N(CCCN(C)C)c2ccccc2)c1[N+](=O)[O-]. The van der Waals surface area contributed by atoms with E-state index in [-0.39, 0.29) is 10.6 Å². The second-order valence-electron chi connectivity index (χ2n) is 5.67. The van der Waals surface area contributed by atoms with Crippen LogP contribution in [0.5, 0.6) is 0 Å². The summed E-state index contributed by atoms with van der Waals surface area (Å²) in [5.74, 6) is 0. The number of pyridine rings is 1. The minimum atomic E-state index is -0.348. The molecule has 0 amide bonds. The smallest absolute Gasteiger partial charge is 0.313 e. The Kier molecular flexibility index (Phi) is 5.65. The van der Waals surface area contributed by atoms with Gasteiger partial charge in [-0.3, -0.25) is 15.1 Å². The molecule has 2 rings (SSSR count). The summed E-state index contributed by atoms with van der Waals surface area (Å²) in [6, 6.07) is 11.5. The van der Waals surface area contributed by atoms with Crippen molar-refractivity contribution >= 4 is 17.1 Å². The van der Waals surface area contributed by atoms with Crippen LogP contribution in [0.25, 0.3) is 0 Å². The fourth-order valence-electron chi connectivity index (χ4n) is 2.53.